The van der Waals surface area contributed by atoms with Crippen LogP contribution in [-0.4, -0.2) is 57.9 Å². The molecule has 4 aromatic rings. The van der Waals surface area contributed by atoms with E-state index in [9.17, 15) is 13.2 Å². The molecule has 0 saturated carbocycles. The number of thiazole rings is 1. The summed E-state index contributed by atoms with van der Waals surface area (Å²) in [5.74, 6) is -0.202. The summed E-state index contributed by atoms with van der Waals surface area (Å²) < 4.78 is 30.2. The first-order valence-corrected chi connectivity index (χ1v) is 15.0. The minimum absolute atomic E-state index is 0. The first kappa shape index (κ1) is 28.5. The number of hydrogen-bond acceptors (Lipinski definition) is 6. The van der Waals surface area contributed by atoms with Crippen LogP contribution in [0.1, 0.15) is 22.3 Å². The Morgan fingerprint density at radius 3 is 2.53 bits per heavy atom. The summed E-state index contributed by atoms with van der Waals surface area (Å²) in [6.07, 6.45) is 1.46. The molecule has 0 saturated heterocycles. The molecule has 0 fully saturated rings. The number of aromatic nitrogens is 1. The lowest BCUT2D eigenvalue weighted by Gasteiger charge is -2.22. The Morgan fingerprint density at radius 1 is 1.05 bits per heavy atom. The molecule has 0 N–H and O–H groups in total. The number of amides is 1. The van der Waals surface area contributed by atoms with Crippen molar-refractivity contribution < 1.29 is 13.2 Å². The van der Waals surface area contributed by atoms with Gasteiger partial charge in [0.1, 0.15) is 0 Å². The molecular formula is C27H28BrClN4O3S2. The molecule has 5 rings (SSSR count). The highest BCUT2D eigenvalue weighted by atomic mass is 79.9. The molecule has 0 atom stereocenters. The molecule has 1 amide bonds. The fourth-order valence-electron chi connectivity index (χ4n) is 4.44. The van der Waals surface area contributed by atoms with Gasteiger partial charge in [-0.3, -0.25) is 14.0 Å². The maximum absolute atomic E-state index is 13.7. The maximum atomic E-state index is 13.7. The lowest BCUT2D eigenvalue weighted by molar-refractivity contribution is 0.0986. The lowest BCUT2D eigenvalue weighted by Crippen LogP contribution is -2.33. The number of nitrogens with zero attached hydrogens (tertiary/aromatic N) is 4. The number of fused-ring (bicyclic) bond motifs is 2. The number of carbonyl (C=O) groups excluding carboxylic acids is 1. The summed E-state index contributed by atoms with van der Waals surface area (Å²) >= 11 is 4.97. The lowest BCUT2D eigenvalue weighted by atomic mass is 10.2. The van der Waals surface area contributed by atoms with Gasteiger partial charge in [-0.05, 0) is 87.6 Å². The van der Waals surface area contributed by atoms with Crippen LogP contribution in [0.2, 0.25) is 0 Å². The number of anilines is 2. The largest absolute Gasteiger partial charge is 0.309 e. The van der Waals surface area contributed by atoms with Crippen molar-refractivity contribution in [2.75, 3.05) is 42.9 Å². The molecular weight excluding hydrogens is 608 g/mol. The topological polar surface area (TPSA) is 73.8 Å². The van der Waals surface area contributed by atoms with Gasteiger partial charge in [-0.25, -0.2) is 13.4 Å². The zero-order chi connectivity index (χ0) is 26.2. The zero-order valence-electron chi connectivity index (χ0n) is 21.0. The minimum atomic E-state index is -3.72. The van der Waals surface area contributed by atoms with E-state index in [2.05, 4.69) is 20.8 Å². The smallest absolute Gasteiger partial charge is 0.264 e. The summed E-state index contributed by atoms with van der Waals surface area (Å²) in [6, 6.07) is 19.7. The molecule has 38 heavy (non-hydrogen) atoms. The van der Waals surface area contributed by atoms with E-state index >= 15 is 0 Å². The Hall–Kier alpha value is -2.50. The van der Waals surface area contributed by atoms with Crippen molar-refractivity contribution in [1.29, 1.82) is 0 Å². The van der Waals surface area contributed by atoms with Gasteiger partial charge in [0.25, 0.3) is 15.9 Å². The third kappa shape index (κ3) is 5.74. The minimum Gasteiger partial charge on any atom is -0.309 e. The zero-order valence-corrected chi connectivity index (χ0v) is 25.0. The highest BCUT2D eigenvalue weighted by Crippen LogP contribution is 2.34. The van der Waals surface area contributed by atoms with Crippen molar-refractivity contribution in [2.45, 2.75) is 17.7 Å². The van der Waals surface area contributed by atoms with Crippen molar-refractivity contribution in [1.82, 2.24) is 9.88 Å². The van der Waals surface area contributed by atoms with Crippen LogP contribution in [0.4, 0.5) is 10.8 Å². The van der Waals surface area contributed by atoms with Crippen LogP contribution in [0.3, 0.4) is 0 Å². The highest BCUT2D eigenvalue weighted by molar-refractivity contribution is 9.10. The number of para-hydroxylation sites is 1. The SMILES string of the molecule is CN(C)CCCN(C(=O)c1ccc(S(=O)(=O)N2CCc3ccccc32)cc1)c1nc2ccc(Br)cc2s1.Cl. The van der Waals surface area contributed by atoms with Crippen molar-refractivity contribution in [3.05, 3.63) is 82.3 Å². The van der Waals surface area contributed by atoms with E-state index in [1.165, 1.54) is 27.8 Å². The second-order valence-electron chi connectivity index (χ2n) is 9.20. The Kier molecular flexibility index (Phi) is 8.78. The Morgan fingerprint density at radius 2 is 1.79 bits per heavy atom. The second kappa shape index (κ2) is 11.7. The number of sulfonamides is 1. The van der Waals surface area contributed by atoms with E-state index in [0.717, 1.165) is 38.9 Å². The third-order valence-corrected chi connectivity index (χ3v) is 9.70. The van der Waals surface area contributed by atoms with E-state index in [-0.39, 0.29) is 23.2 Å². The summed E-state index contributed by atoms with van der Waals surface area (Å²) in [6.45, 7) is 1.74. The average Bonchev–Trinajstić information content (AvgIpc) is 3.50. The molecule has 3 aromatic carbocycles. The van der Waals surface area contributed by atoms with Gasteiger partial charge in [0.05, 0.1) is 20.8 Å². The summed E-state index contributed by atoms with van der Waals surface area (Å²) in [4.78, 5) is 22.3. The molecule has 1 aromatic heterocycles. The standard InChI is InChI=1S/C27H27BrN4O3S2.ClH/c1-30(2)15-5-16-31(27-29-23-13-10-21(28)18-25(23)36-27)26(33)20-8-11-22(12-9-20)37(34,35)32-17-14-19-6-3-4-7-24(19)32;/h3-4,6-13,18H,5,14-17H2,1-2H3;1H. The molecule has 0 radical (unpaired) electrons. The van der Waals surface area contributed by atoms with Crippen LogP contribution in [0.25, 0.3) is 10.2 Å². The van der Waals surface area contributed by atoms with Gasteiger partial charge in [0.2, 0.25) is 0 Å². The molecule has 7 nitrogen and oxygen atoms in total. The van der Waals surface area contributed by atoms with Gasteiger partial charge < -0.3 is 4.90 Å². The van der Waals surface area contributed by atoms with Crippen molar-refractivity contribution >= 4 is 76.6 Å². The number of halogens is 2. The highest BCUT2D eigenvalue weighted by Gasteiger charge is 2.31. The molecule has 1 aliphatic heterocycles. The van der Waals surface area contributed by atoms with E-state index in [4.69, 9.17) is 4.98 Å². The quantitative estimate of drug-likeness (QED) is 0.244. The molecule has 0 bridgehead atoms. The van der Waals surface area contributed by atoms with Crippen molar-refractivity contribution in [2.24, 2.45) is 0 Å². The van der Waals surface area contributed by atoms with Crippen molar-refractivity contribution in [3.8, 4) is 0 Å². The number of rotatable bonds is 8. The summed E-state index contributed by atoms with van der Waals surface area (Å²) in [5.41, 5.74) is 3.00. The molecule has 2 heterocycles. The molecule has 0 unspecified atom stereocenters. The Labute approximate surface area is 241 Å². The van der Waals surface area contributed by atoms with Gasteiger partial charge in [-0.15, -0.1) is 12.4 Å². The Balaban J connectivity index is 0.00000336. The predicted molar refractivity (Wildman–Crippen MR) is 161 cm³/mol. The average molecular weight is 636 g/mol. The molecule has 200 valence electrons. The molecule has 1 aliphatic rings. The predicted octanol–water partition coefficient (Wildman–Crippen LogP) is 5.83. The first-order chi connectivity index (χ1) is 17.7. The van der Waals surface area contributed by atoms with Crippen LogP contribution in [-0.2, 0) is 16.4 Å². The maximum Gasteiger partial charge on any atom is 0.264 e. The van der Waals surface area contributed by atoms with E-state index in [0.29, 0.717) is 30.2 Å². The van der Waals surface area contributed by atoms with E-state index in [1.807, 2.05) is 56.6 Å². The fraction of sp³-hybridized carbons (Fsp3) is 0.259. The van der Waals surface area contributed by atoms with Gasteiger partial charge in [0, 0.05) is 23.1 Å². The van der Waals surface area contributed by atoms with E-state index in [1.54, 1.807) is 17.0 Å². The van der Waals surface area contributed by atoms with Crippen LogP contribution in [0.5, 0.6) is 0 Å². The summed E-state index contributed by atoms with van der Waals surface area (Å²) in [5, 5.41) is 0.627. The van der Waals surface area contributed by atoms with Crippen LogP contribution >= 0.6 is 39.7 Å². The van der Waals surface area contributed by atoms with Crippen LogP contribution in [0, 0.1) is 0 Å². The normalized spacial score (nSPS) is 13.0. The summed E-state index contributed by atoms with van der Waals surface area (Å²) in [7, 11) is 0.275. The van der Waals surface area contributed by atoms with Crippen LogP contribution in [0.15, 0.2) is 76.1 Å². The fourth-order valence-corrected chi connectivity index (χ4v) is 7.49. The number of hydrogen-bond donors (Lipinski definition) is 0. The third-order valence-electron chi connectivity index (χ3n) is 6.34. The van der Waals surface area contributed by atoms with Crippen molar-refractivity contribution in [3.63, 3.8) is 0 Å². The van der Waals surface area contributed by atoms with E-state index < -0.39 is 10.0 Å². The van der Waals surface area contributed by atoms with Crippen LogP contribution < -0.4 is 9.21 Å². The first-order valence-electron chi connectivity index (χ1n) is 12.0. The number of benzene rings is 3. The second-order valence-corrected chi connectivity index (χ2v) is 13.0. The van der Waals surface area contributed by atoms with Gasteiger partial charge in [-0.2, -0.15) is 0 Å². The monoisotopic (exact) mass is 634 g/mol. The molecule has 0 spiro atoms. The molecule has 11 heteroatoms. The number of carbonyl (C=O) groups is 1. The van der Waals surface area contributed by atoms with Gasteiger partial charge in [0.15, 0.2) is 5.13 Å². The van der Waals surface area contributed by atoms with Gasteiger partial charge in [-0.1, -0.05) is 45.5 Å². The Bertz CT molecular complexity index is 1560. The molecule has 0 aliphatic carbocycles. The van der Waals surface area contributed by atoms with Gasteiger partial charge >= 0.3 is 0 Å².